The van der Waals surface area contributed by atoms with Crippen molar-refractivity contribution >= 4 is 12.0 Å². The van der Waals surface area contributed by atoms with Crippen molar-refractivity contribution in [1.82, 2.24) is 20.8 Å². The number of aliphatic carboxylic acids is 1. The van der Waals surface area contributed by atoms with Crippen molar-refractivity contribution in [3.63, 3.8) is 0 Å². The predicted molar refractivity (Wildman–Crippen MR) is 54.1 cm³/mol. The van der Waals surface area contributed by atoms with Crippen LogP contribution in [-0.4, -0.2) is 39.3 Å². The number of amides is 2. The average molecular weight is 240 g/mol. The molecule has 0 aromatic carbocycles. The van der Waals surface area contributed by atoms with E-state index in [0.29, 0.717) is 31.6 Å². The molecule has 1 aliphatic carbocycles. The molecule has 92 valence electrons. The van der Waals surface area contributed by atoms with Crippen molar-refractivity contribution in [3.05, 3.63) is 12.2 Å². The Balaban J connectivity index is 1.70. The van der Waals surface area contributed by atoms with E-state index in [-0.39, 0.29) is 0 Å². The van der Waals surface area contributed by atoms with Crippen LogP contribution in [0.5, 0.6) is 0 Å². The minimum atomic E-state index is -1.06. The summed E-state index contributed by atoms with van der Waals surface area (Å²) in [6.07, 6.45) is 2.59. The van der Waals surface area contributed by atoms with Crippen LogP contribution in [0.2, 0.25) is 0 Å². The third-order valence-electron chi connectivity index (χ3n) is 2.55. The number of nitrogens with zero attached hydrogens (tertiary/aromatic N) is 2. The van der Waals surface area contributed by atoms with Crippen LogP contribution in [-0.2, 0) is 11.2 Å². The summed E-state index contributed by atoms with van der Waals surface area (Å²) in [5, 5.41) is 17.4. The van der Waals surface area contributed by atoms with E-state index in [1.807, 2.05) is 0 Å². The first kappa shape index (κ1) is 11.4. The van der Waals surface area contributed by atoms with Crippen molar-refractivity contribution in [3.8, 4) is 0 Å². The van der Waals surface area contributed by atoms with E-state index in [2.05, 4.69) is 25.3 Å². The topological polar surface area (TPSA) is 117 Å². The molecule has 0 saturated heterocycles. The fraction of sp³-hybridized carbons (Fsp3) is 0.556. The highest BCUT2D eigenvalue weighted by molar-refractivity contribution is 5.88. The molecule has 0 bridgehead atoms. The van der Waals surface area contributed by atoms with Crippen LogP contribution in [0.3, 0.4) is 0 Å². The van der Waals surface area contributed by atoms with Gasteiger partial charge < -0.3 is 20.3 Å². The first-order valence-electron chi connectivity index (χ1n) is 5.17. The molecule has 1 saturated carbocycles. The molecule has 1 aliphatic rings. The highest BCUT2D eigenvalue weighted by atomic mass is 16.5. The molecule has 3 N–H and O–H groups in total. The molecule has 0 unspecified atom stereocenters. The van der Waals surface area contributed by atoms with Gasteiger partial charge in [0.25, 0.3) is 0 Å². The van der Waals surface area contributed by atoms with Gasteiger partial charge in [0.1, 0.15) is 5.54 Å². The Kier molecular flexibility index (Phi) is 2.94. The van der Waals surface area contributed by atoms with Crippen molar-refractivity contribution in [2.24, 2.45) is 0 Å². The molecular formula is C9H12N4O4. The van der Waals surface area contributed by atoms with Crippen LogP contribution in [0, 0.1) is 0 Å². The molecule has 0 radical (unpaired) electrons. The second-order valence-electron chi connectivity index (χ2n) is 3.87. The fourth-order valence-electron chi connectivity index (χ4n) is 1.37. The molecule has 8 nitrogen and oxygen atoms in total. The summed E-state index contributed by atoms with van der Waals surface area (Å²) in [6.45, 7) is 0.321. The third kappa shape index (κ3) is 2.71. The number of nitrogens with one attached hydrogen (secondary N) is 2. The van der Waals surface area contributed by atoms with E-state index < -0.39 is 17.5 Å². The van der Waals surface area contributed by atoms with Gasteiger partial charge in [-0.2, -0.15) is 4.98 Å². The SMILES string of the molecule is O=C(NCCc1ncon1)NC1(C(=O)O)CC1. The summed E-state index contributed by atoms with van der Waals surface area (Å²) >= 11 is 0. The van der Waals surface area contributed by atoms with Gasteiger partial charge in [0.15, 0.2) is 5.82 Å². The number of carboxylic acids is 1. The summed E-state index contributed by atoms with van der Waals surface area (Å²) < 4.78 is 4.53. The maximum absolute atomic E-state index is 11.4. The number of rotatable bonds is 5. The molecule has 0 spiro atoms. The zero-order valence-corrected chi connectivity index (χ0v) is 8.97. The lowest BCUT2D eigenvalue weighted by atomic mass is 10.3. The second-order valence-corrected chi connectivity index (χ2v) is 3.87. The van der Waals surface area contributed by atoms with Crippen molar-refractivity contribution in [2.75, 3.05) is 6.54 Å². The summed E-state index contributed by atoms with van der Waals surface area (Å²) in [6, 6.07) is -0.492. The number of hydrogen-bond donors (Lipinski definition) is 3. The summed E-state index contributed by atoms with van der Waals surface area (Å²) in [5.74, 6) is -0.504. The van der Waals surface area contributed by atoms with Crippen LogP contribution in [0.1, 0.15) is 18.7 Å². The molecule has 2 amide bonds. The van der Waals surface area contributed by atoms with Crippen LogP contribution < -0.4 is 10.6 Å². The fourth-order valence-corrected chi connectivity index (χ4v) is 1.37. The van der Waals surface area contributed by atoms with E-state index in [0.717, 1.165) is 0 Å². The normalized spacial score (nSPS) is 16.2. The van der Waals surface area contributed by atoms with Gasteiger partial charge in [-0.15, -0.1) is 0 Å². The van der Waals surface area contributed by atoms with Crippen LogP contribution in [0.4, 0.5) is 4.79 Å². The molecule has 2 rings (SSSR count). The molecule has 0 atom stereocenters. The van der Waals surface area contributed by atoms with Crippen molar-refractivity contribution < 1.29 is 19.2 Å². The van der Waals surface area contributed by atoms with Gasteiger partial charge in [0.2, 0.25) is 6.39 Å². The Bertz CT molecular complexity index is 413. The minimum Gasteiger partial charge on any atom is -0.480 e. The molecular weight excluding hydrogens is 228 g/mol. The predicted octanol–water partition coefficient (Wildman–Crippen LogP) is -0.472. The first-order valence-corrected chi connectivity index (χ1v) is 5.17. The van der Waals surface area contributed by atoms with Crippen LogP contribution in [0.25, 0.3) is 0 Å². The van der Waals surface area contributed by atoms with E-state index in [1.54, 1.807) is 0 Å². The Labute approximate surface area is 96.4 Å². The molecule has 1 aromatic rings. The lowest BCUT2D eigenvalue weighted by Crippen LogP contribution is -2.48. The smallest absolute Gasteiger partial charge is 0.329 e. The summed E-state index contributed by atoms with van der Waals surface area (Å²) in [4.78, 5) is 26.0. The molecule has 17 heavy (non-hydrogen) atoms. The monoisotopic (exact) mass is 240 g/mol. The zero-order valence-electron chi connectivity index (χ0n) is 8.97. The third-order valence-corrected chi connectivity index (χ3v) is 2.55. The van der Waals surface area contributed by atoms with Gasteiger partial charge in [0, 0.05) is 13.0 Å². The van der Waals surface area contributed by atoms with Gasteiger partial charge in [-0.05, 0) is 12.8 Å². The lowest BCUT2D eigenvalue weighted by molar-refractivity contribution is -0.140. The number of aromatic nitrogens is 2. The Morgan fingerprint density at radius 1 is 1.53 bits per heavy atom. The van der Waals surface area contributed by atoms with Gasteiger partial charge >= 0.3 is 12.0 Å². The van der Waals surface area contributed by atoms with Gasteiger partial charge in [0.05, 0.1) is 0 Å². The lowest BCUT2D eigenvalue weighted by Gasteiger charge is -2.12. The number of urea groups is 1. The quantitative estimate of drug-likeness (QED) is 0.640. The Morgan fingerprint density at radius 3 is 2.82 bits per heavy atom. The standard InChI is InChI=1S/C9H12N4O4/c14-7(15)9(2-3-9)12-8(16)10-4-1-6-11-5-17-13-6/h5H,1-4H2,(H,14,15)(H2,10,12,16). The Hall–Kier alpha value is -2.12. The highest BCUT2D eigenvalue weighted by Gasteiger charge is 2.51. The maximum Gasteiger partial charge on any atom is 0.329 e. The van der Waals surface area contributed by atoms with E-state index in [4.69, 9.17) is 5.11 Å². The Morgan fingerprint density at radius 2 is 2.29 bits per heavy atom. The van der Waals surface area contributed by atoms with Crippen molar-refractivity contribution in [2.45, 2.75) is 24.8 Å². The minimum absolute atomic E-state index is 0.321. The number of carboxylic acid groups (broad SMARTS) is 1. The molecule has 1 heterocycles. The molecule has 1 aromatic heterocycles. The van der Waals surface area contributed by atoms with Gasteiger partial charge in [-0.3, -0.25) is 0 Å². The molecule has 1 fully saturated rings. The van der Waals surface area contributed by atoms with Crippen LogP contribution in [0.15, 0.2) is 10.9 Å². The highest BCUT2D eigenvalue weighted by Crippen LogP contribution is 2.35. The van der Waals surface area contributed by atoms with E-state index in [1.165, 1.54) is 6.39 Å². The molecule has 0 aliphatic heterocycles. The maximum atomic E-state index is 11.4. The number of hydrogen-bond acceptors (Lipinski definition) is 5. The molecule has 8 heteroatoms. The summed E-state index contributed by atoms with van der Waals surface area (Å²) in [7, 11) is 0. The zero-order chi connectivity index (χ0) is 12.3. The van der Waals surface area contributed by atoms with E-state index in [9.17, 15) is 9.59 Å². The van der Waals surface area contributed by atoms with Crippen molar-refractivity contribution in [1.29, 1.82) is 0 Å². The van der Waals surface area contributed by atoms with Crippen LogP contribution >= 0.6 is 0 Å². The van der Waals surface area contributed by atoms with E-state index >= 15 is 0 Å². The van der Waals surface area contributed by atoms with Gasteiger partial charge in [-0.25, -0.2) is 9.59 Å². The number of carbonyl (C=O) groups excluding carboxylic acids is 1. The second kappa shape index (κ2) is 4.40. The van der Waals surface area contributed by atoms with Gasteiger partial charge in [-0.1, -0.05) is 5.16 Å². The average Bonchev–Trinajstić information content (AvgIpc) is 2.87. The summed E-state index contributed by atoms with van der Waals surface area (Å²) in [5.41, 5.74) is -1.06. The number of carbonyl (C=O) groups is 2. The largest absolute Gasteiger partial charge is 0.480 e. The first-order chi connectivity index (χ1) is 8.12.